The largest absolute Gasteiger partial charge is 0.352 e. The summed E-state index contributed by atoms with van der Waals surface area (Å²) in [6.07, 6.45) is 7.70. The maximum Gasteiger partial charge on any atom is 0.244 e. The van der Waals surface area contributed by atoms with Crippen LogP contribution in [0.2, 0.25) is 5.02 Å². The molecule has 0 bridgehead atoms. The van der Waals surface area contributed by atoms with Crippen molar-refractivity contribution in [2.75, 3.05) is 6.54 Å². The summed E-state index contributed by atoms with van der Waals surface area (Å²) in [6.45, 7) is 0.583. The Kier molecular flexibility index (Phi) is 5.65. The molecule has 0 aliphatic heterocycles. The number of hydrogen-bond acceptors (Lipinski definition) is 2. The number of aromatic nitrogens is 2. The van der Waals surface area contributed by atoms with E-state index in [4.69, 9.17) is 11.6 Å². The van der Waals surface area contributed by atoms with Crippen LogP contribution in [0.25, 0.3) is 11.8 Å². The Hall–Kier alpha value is -2.85. The van der Waals surface area contributed by atoms with Crippen LogP contribution in [0.1, 0.15) is 11.1 Å². The molecule has 0 saturated heterocycles. The van der Waals surface area contributed by atoms with Gasteiger partial charge in [-0.15, -0.1) is 0 Å². The number of carbonyl (C=O) groups is 1. The molecule has 0 saturated carbocycles. The molecule has 0 unspecified atom stereocenters. The molecule has 1 heterocycles. The third-order valence-electron chi connectivity index (χ3n) is 3.69. The van der Waals surface area contributed by atoms with Crippen LogP contribution < -0.4 is 5.32 Å². The van der Waals surface area contributed by atoms with Crippen LogP contribution in [0.4, 0.5) is 0 Å². The zero-order chi connectivity index (χ0) is 17.5. The van der Waals surface area contributed by atoms with Crippen LogP contribution in [0.5, 0.6) is 0 Å². The van der Waals surface area contributed by atoms with Crippen molar-refractivity contribution in [2.24, 2.45) is 0 Å². The average Bonchev–Trinajstić information content (AvgIpc) is 3.15. The summed E-state index contributed by atoms with van der Waals surface area (Å²) in [5, 5.41) is 7.73. The van der Waals surface area contributed by atoms with Crippen molar-refractivity contribution in [3.63, 3.8) is 0 Å². The van der Waals surface area contributed by atoms with Crippen molar-refractivity contribution in [1.82, 2.24) is 15.1 Å². The van der Waals surface area contributed by atoms with E-state index < -0.39 is 0 Å². The summed E-state index contributed by atoms with van der Waals surface area (Å²) in [4.78, 5) is 11.9. The highest BCUT2D eigenvalue weighted by atomic mass is 35.5. The maximum absolute atomic E-state index is 11.9. The predicted molar refractivity (Wildman–Crippen MR) is 101 cm³/mol. The van der Waals surface area contributed by atoms with E-state index in [1.807, 2.05) is 59.4 Å². The summed E-state index contributed by atoms with van der Waals surface area (Å²) in [7, 11) is 0. The Balaban J connectivity index is 1.47. The predicted octanol–water partition coefficient (Wildman–Crippen LogP) is 3.90. The fourth-order valence-electron chi connectivity index (χ4n) is 2.41. The van der Waals surface area contributed by atoms with Gasteiger partial charge in [0.2, 0.25) is 5.91 Å². The number of nitrogens with zero attached hydrogens (tertiary/aromatic N) is 2. The van der Waals surface area contributed by atoms with E-state index in [0.717, 1.165) is 23.2 Å². The van der Waals surface area contributed by atoms with E-state index in [9.17, 15) is 4.79 Å². The molecule has 1 aromatic heterocycles. The van der Waals surface area contributed by atoms with E-state index >= 15 is 0 Å². The third kappa shape index (κ3) is 5.06. The number of hydrogen-bond donors (Lipinski definition) is 1. The first-order valence-electron chi connectivity index (χ1n) is 8.01. The van der Waals surface area contributed by atoms with Gasteiger partial charge in [0.15, 0.2) is 0 Å². The standard InChI is InChI=1S/C20H18ClN3O/c21-18-4-1-3-17(15-18)7-10-20(25)22-13-11-16-5-8-19(9-6-16)24-14-2-12-23-24/h1-10,12,14-15H,11,13H2,(H,22,25)/b10-7+. The molecule has 0 spiro atoms. The zero-order valence-electron chi connectivity index (χ0n) is 13.6. The number of carbonyl (C=O) groups excluding carboxylic acids is 1. The molecule has 25 heavy (non-hydrogen) atoms. The molecule has 0 aliphatic carbocycles. The normalized spacial score (nSPS) is 10.9. The number of benzene rings is 2. The van der Waals surface area contributed by atoms with Crippen molar-refractivity contribution in [3.05, 3.63) is 89.2 Å². The van der Waals surface area contributed by atoms with Gasteiger partial charge in [-0.3, -0.25) is 4.79 Å². The van der Waals surface area contributed by atoms with Crippen LogP contribution in [-0.2, 0) is 11.2 Å². The van der Waals surface area contributed by atoms with Gasteiger partial charge in [-0.05, 0) is 54.0 Å². The molecule has 3 rings (SSSR count). The van der Waals surface area contributed by atoms with Gasteiger partial charge in [-0.2, -0.15) is 5.10 Å². The highest BCUT2D eigenvalue weighted by molar-refractivity contribution is 6.30. The van der Waals surface area contributed by atoms with Crippen LogP contribution in [0.15, 0.2) is 73.1 Å². The topological polar surface area (TPSA) is 46.9 Å². The molecule has 0 fully saturated rings. The molecule has 1 N–H and O–H groups in total. The smallest absolute Gasteiger partial charge is 0.244 e. The monoisotopic (exact) mass is 351 g/mol. The first kappa shape index (κ1) is 17.0. The van der Waals surface area contributed by atoms with Crippen LogP contribution >= 0.6 is 11.6 Å². The molecule has 0 aliphatic rings. The molecule has 5 heteroatoms. The van der Waals surface area contributed by atoms with Crippen LogP contribution in [0, 0.1) is 0 Å². The Morgan fingerprint density at radius 1 is 1.16 bits per heavy atom. The highest BCUT2D eigenvalue weighted by Gasteiger charge is 1.99. The molecule has 0 atom stereocenters. The van der Waals surface area contributed by atoms with Crippen LogP contribution in [-0.4, -0.2) is 22.2 Å². The minimum Gasteiger partial charge on any atom is -0.352 e. The SMILES string of the molecule is O=C(/C=C/c1cccc(Cl)c1)NCCc1ccc(-n2cccn2)cc1. The van der Waals surface area contributed by atoms with Gasteiger partial charge >= 0.3 is 0 Å². The summed E-state index contributed by atoms with van der Waals surface area (Å²) in [5.74, 6) is -0.117. The zero-order valence-corrected chi connectivity index (χ0v) is 14.4. The van der Waals surface area contributed by atoms with Crippen molar-refractivity contribution < 1.29 is 4.79 Å². The van der Waals surface area contributed by atoms with E-state index in [1.54, 1.807) is 18.3 Å². The van der Waals surface area contributed by atoms with Gasteiger partial charge in [0.05, 0.1) is 5.69 Å². The molecule has 3 aromatic rings. The molecule has 1 amide bonds. The maximum atomic E-state index is 11.9. The fourth-order valence-corrected chi connectivity index (χ4v) is 2.61. The van der Waals surface area contributed by atoms with Crippen molar-refractivity contribution in [2.45, 2.75) is 6.42 Å². The van der Waals surface area contributed by atoms with E-state index in [-0.39, 0.29) is 5.91 Å². The van der Waals surface area contributed by atoms with Gasteiger partial charge in [0.25, 0.3) is 0 Å². The van der Waals surface area contributed by atoms with E-state index in [1.165, 1.54) is 6.08 Å². The second-order valence-corrected chi connectivity index (χ2v) is 5.98. The lowest BCUT2D eigenvalue weighted by Gasteiger charge is -2.05. The Morgan fingerprint density at radius 2 is 2.00 bits per heavy atom. The quantitative estimate of drug-likeness (QED) is 0.685. The van der Waals surface area contributed by atoms with E-state index in [2.05, 4.69) is 10.4 Å². The average molecular weight is 352 g/mol. The Labute approximate surface area is 151 Å². The minimum absolute atomic E-state index is 0.117. The summed E-state index contributed by atoms with van der Waals surface area (Å²) >= 11 is 5.92. The molecule has 2 aromatic carbocycles. The van der Waals surface area contributed by atoms with Gasteiger partial charge in [-0.25, -0.2) is 4.68 Å². The van der Waals surface area contributed by atoms with Gasteiger partial charge in [0.1, 0.15) is 0 Å². The van der Waals surface area contributed by atoms with Crippen molar-refractivity contribution in [3.8, 4) is 5.69 Å². The van der Waals surface area contributed by atoms with Gasteiger partial charge in [-0.1, -0.05) is 35.9 Å². The van der Waals surface area contributed by atoms with Gasteiger partial charge in [0, 0.05) is 30.0 Å². The number of amides is 1. The molecular weight excluding hydrogens is 334 g/mol. The summed E-state index contributed by atoms with van der Waals surface area (Å²) in [6, 6.07) is 17.4. The molecule has 0 radical (unpaired) electrons. The molecule has 4 nitrogen and oxygen atoms in total. The summed E-state index contributed by atoms with van der Waals surface area (Å²) < 4.78 is 1.81. The number of rotatable bonds is 6. The van der Waals surface area contributed by atoms with Crippen molar-refractivity contribution >= 4 is 23.6 Å². The van der Waals surface area contributed by atoms with Crippen LogP contribution in [0.3, 0.4) is 0 Å². The number of halogens is 1. The Morgan fingerprint density at radius 3 is 2.72 bits per heavy atom. The fraction of sp³-hybridized carbons (Fsp3) is 0.100. The summed E-state index contributed by atoms with van der Waals surface area (Å²) in [5.41, 5.74) is 3.08. The van der Waals surface area contributed by atoms with Crippen molar-refractivity contribution in [1.29, 1.82) is 0 Å². The highest BCUT2D eigenvalue weighted by Crippen LogP contribution is 2.12. The van der Waals surface area contributed by atoms with E-state index in [0.29, 0.717) is 11.6 Å². The van der Waals surface area contributed by atoms with Gasteiger partial charge < -0.3 is 5.32 Å². The lowest BCUT2D eigenvalue weighted by molar-refractivity contribution is -0.116. The third-order valence-corrected chi connectivity index (χ3v) is 3.93. The molecule has 126 valence electrons. The second kappa shape index (κ2) is 8.31. The first-order valence-corrected chi connectivity index (χ1v) is 8.39. The lowest BCUT2D eigenvalue weighted by atomic mass is 10.1. The number of nitrogens with one attached hydrogen (secondary N) is 1. The minimum atomic E-state index is -0.117. The Bertz CT molecular complexity index is 855. The second-order valence-electron chi connectivity index (χ2n) is 5.55. The first-order chi connectivity index (χ1) is 12.2. The lowest BCUT2D eigenvalue weighted by Crippen LogP contribution is -2.23. The molecular formula is C20H18ClN3O.